The molecule has 0 spiro atoms. The molecule has 1 aliphatic carbocycles. The molecule has 1 saturated carbocycles. The fourth-order valence-corrected chi connectivity index (χ4v) is 5.03. The average Bonchev–Trinajstić information content (AvgIpc) is 3.43. The molecular weight excluding hydrogens is 589 g/mol. The van der Waals surface area contributed by atoms with Crippen LogP contribution in [-0.4, -0.2) is 22.1 Å². The Bertz CT molecular complexity index is 1490. The summed E-state index contributed by atoms with van der Waals surface area (Å²) in [5.74, 6) is -7.25. The summed E-state index contributed by atoms with van der Waals surface area (Å²) in [5.41, 5.74) is -1.21. The van der Waals surface area contributed by atoms with Crippen molar-refractivity contribution in [3.63, 3.8) is 0 Å². The number of nitrogens with one attached hydrogen (secondary N) is 3. The number of amides is 3. The highest BCUT2D eigenvalue weighted by Gasteiger charge is 2.67. The van der Waals surface area contributed by atoms with Crippen molar-refractivity contribution in [1.29, 1.82) is 0 Å². The van der Waals surface area contributed by atoms with Crippen LogP contribution in [-0.2, 0) is 9.59 Å². The summed E-state index contributed by atoms with van der Waals surface area (Å²) in [6.07, 6.45) is 0. The normalized spacial score (nSPS) is 17.5. The van der Waals surface area contributed by atoms with E-state index in [0.29, 0.717) is 10.6 Å². The van der Waals surface area contributed by atoms with E-state index in [1.54, 1.807) is 18.2 Å². The summed E-state index contributed by atoms with van der Waals surface area (Å²) in [7, 11) is 0. The van der Waals surface area contributed by atoms with E-state index in [1.807, 2.05) is 5.32 Å². The van der Waals surface area contributed by atoms with Gasteiger partial charge >= 0.3 is 0 Å². The minimum absolute atomic E-state index is 0.0315. The lowest BCUT2D eigenvalue weighted by atomic mass is 10.1. The third kappa shape index (κ3) is 5.56. The van der Waals surface area contributed by atoms with Crippen molar-refractivity contribution in [3.05, 3.63) is 87.2 Å². The second-order valence-corrected chi connectivity index (χ2v) is 10.7. The predicted octanol–water partition coefficient (Wildman–Crippen LogP) is 7.15. The molecule has 198 valence electrons. The molecule has 0 unspecified atom stereocenters. The summed E-state index contributed by atoms with van der Waals surface area (Å²) in [5, 5.41) is 7.22. The number of hydrogen-bond acceptors (Lipinski definition) is 3. The van der Waals surface area contributed by atoms with E-state index in [1.165, 1.54) is 6.07 Å². The molecule has 13 heteroatoms. The first kappa shape index (κ1) is 28.0. The monoisotopic (exact) mass is 603 g/mol. The van der Waals surface area contributed by atoms with Gasteiger partial charge in [0.15, 0.2) is 5.82 Å². The Labute approximate surface area is 234 Å². The summed E-state index contributed by atoms with van der Waals surface area (Å²) in [6, 6.07) is 9.62. The van der Waals surface area contributed by atoms with E-state index in [0.717, 1.165) is 31.2 Å². The molecule has 0 saturated heterocycles. The van der Waals surface area contributed by atoms with Crippen LogP contribution in [0.3, 0.4) is 0 Å². The maximum atomic E-state index is 14.7. The Morgan fingerprint density at radius 2 is 1.53 bits per heavy atom. The van der Waals surface area contributed by atoms with Crippen LogP contribution in [0, 0.1) is 23.4 Å². The maximum absolute atomic E-state index is 14.7. The Morgan fingerprint density at radius 3 is 2.18 bits per heavy atom. The number of alkyl halides is 2. The fraction of sp³-hybridized carbons (Fsp3) is 0.160. The summed E-state index contributed by atoms with van der Waals surface area (Å²) < 4.78 is 41.6. The predicted molar refractivity (Wildman–Crippen MR) is 141 cm³/mol. The van der Waals surface area contributed by atoms with Crippen molar-refractivity contribution >= 4 is 81.2 Å². The number of halogens is 7. The van der Waals surface area contributed by atoms with Crippen LogP contribution in [0.5, 0.6) is 0 Å². The van der Waals surface area contributed by atoms with E-state index < -0.39 is 68.3 Å². The Kier molecular flexibility index (Phi) is 7.86. The molecule has 0 heterocycles. The highest BCUT2D eigenvalue weighted by Crippen LogP contribution is 2.65. The topological polar surface area (TPSA) is 87.3 Å². The van der Waals surface area contributed by atoms with E-state index in [9.17, 15) is 27.6 Å². The van der Waals surface area contributed by atoms with E-state index in [4.69, 9.17) is 46.4 Å². The number of carbonyl (C=O) groups excluding carboxylic acids is 3. The van der Waals surface area contributed by atoms with Gasteiger partial charge in [0.25, 0.3) is 5.91 Å². The summed E-state index contributed by atoms with van der Waals surface area (Å²) in [6.45, 7) is 1.05. The van der Waals surface area contributed by atoms with Gasteiger partial charge in [-0.05, 0) is 48.0 Å². The van der Waals surface area contributed by atoms with Gasteiger partial charge in [-0.25, -0.2) is 13.2 Å². The lowest BCUT2D eigenvalue weighted by molar-refractivity contribution is -0.117. The summed E-state index contributed by atoms with van der Waals surface area (Å²) >= 11 is 24.7. The second-order valence-electron chi connectivity index (χ2n) is 8.41. The zero-order valence-corrected chi connectivity index (χ0v) is 22.2. The zero-order valence-electron chi connectivity index (χ0n) is 19.1. The maximum Gasteiger partial charge on any atom is 0.258 e. The first-order valence-electron chi connectivity index (χ1n) is 10.8. The molecule has 4 rings (SSSR count). The minimum Gasteiger partial charge on any atom is -0.326 e. The number of benzene rings is 3. The molecule has 3 amide bonds. The highest BCUT2D eigenvalue weighted by molar-refractivity contribution is 6.53. The van der Waals surface area contributed by atoms with Gasteiger partial charge in [-0.2, -0.15) is 0 Å². The first-order valence-corrected chi connectivity index (χ1v) is 12.3. The van der Waals surface area contributed by atoms with Crippen molar-refractivity contribution in [2.24, 2.45) is 5.92 Å². The largest absolute Gasteiger partial charge is 0.326 e. The van der Waals surface area contributed by atoms with Crippen LogP contribution in [0.25, 0.3) is 0 Å². The van der Waals surface area contributed by atoms with E-state index >= 15 is 0 Å². The molecule has 0 aromatic heterocycles. The third-order valence-corrected chi connectivity index (χ3v) is 7.44. The van der Waals surface area contributed by atoms with Crippen LogP contribution < -0.4 is 16.0 Å². The third-order valence-electron chi connectivity index (χ3n) is 5.76. The molecule has 3 N–H and O–H groups in total. The first-order chi connectivity index (χ1) is 17.8. The molecule has 0 aliphatic heterocycles. The van der Waals surface area contributed by atoms with Crippen molar-refractivity contribution in [3.8, 4) is 0 Å². The molecule has 6 nitrogen and oxygen atoms in total. The Hall–Kier alpha value is -2.98. The number of carbonyl (C=O) groups is 3. The van der Waals surface area contributed by atoms with Crippen LogP contribution >= 0.6 is 46.4 Å². The highest BCUT2D eigenvalue weighted by atomic mass is 35.5. The summed E-state index contributed by atoms with van der Waals surface area (Å²) in [4.78, 5) is 36.9. The molecule has 0 radical (unpaired) electrons. The van der Waals surface area contributed by atoms with Gasteiger partial charge in [0, 0.05) is 18.5 Å². The fourth-order valence-electron chi connectivity index (χ4n) is 3.90. The standard InChI is InChI=1S/C25H16Cl4F3N3O3/c1-10(36)33-22-17(31)6-7-18(21(22)32)35-23(37)13-9-12(3-5-16(13)30)34-24(38)20-19(25(20,28)29)11-2-4-14(26)15(27)8-11/h2-9,19-20H,1H3,(H,33,36)(H,34,38)(H,35,37)/t19-,20+/m0/s1. The SMILES string of the molecule is CC(=O)Nc1c(F)ccc(NC(=O)c2cc(NC(=O)[C@H]3[C@H](c4ccc(Cl)c(Cl)c4)C3(Cl)Cl)ccc2F)c1F. The van der Waals surface area contributed by atoms with Gasteiger partial charge in [0.1, 0.15) is 21.7 Å². The molecule has 38 heavy (non-hydrogen) atoms. The van der Waals surface area contributed by atoms with Gasteiger partial charge in [-0.3, -0.25) is 14.4 Å². The average molecular weight is 605 g/mol. The van der Waals surface area contributed by atoms with E-state index in [-0.39, 0.29) is 10.7 Å². The van der Waals surface area contributed by atoms with Gasteiger partial charge in [-0.1, -0.05) is 29.3 Å². The molecule has 0 bridgehead atoms. The van der Waals surface area contributed by atoms with Crippen LogP contribution in [0.2, 0.25) is 10.0 Å². The second kappa shape index (κ2) is 10.6. The van der Waals surface area contributed by atoms with Gasteiger partial charge in [0.05, 0.1) is 27.2 Å². The van der Waals surface area contributed by atoms with Gasteiger partial charge in [-0.15, -0.1) is 23.2 Å². The lowest BCUT2D eigenvalue weighted by Crippen LogP contribution is -2.19. The van der Waals surface area contributed by atoms with Crippen molar-refractivity contribution in [2.75, 3.05) is 16.0 Å². The van der Waals surface area contributed by atoms with Crippen LogP contribution in [0.15, 0.2) is 48.5 Å². The van der Waals surface area contributed by atoms with Gasteiger partial charge in [0.2, 0.25) is 11.8 Å². The van der Waals surface area contributed by atoms with Crippen molar-refractivity contribution in [2.45, 2.75) is 17.2 Å². The molecule has 1 aliphatic rings. The Balaban J connectivity index is 1.52. The van der Waals surface area contributed by atoms with E-state index in [2.05, 4.69) is 10.6 Å². The molecular formula is C25H16Cl4F3N3O3. The minimum atomic E-state index is -1.45. The molecule has 3 aromatic rings. The number of anilines is 3. The van der Waals surface area contributed by atoms with Crippen molar-refractivity contribution in [1.82, 2.24) is 0 Å². The van der Waals surface area contributed by atoms with Crippen LogP contribution in [0.1, 0.15) is 28.8 Å². The number of rotatable bonds is 6. The van der Waals surface area contributed by atoms with Crippen LogP contribution in [0.4, 0.5) is 30.2 Å². The quantitative estimate of drug-likeness (QED) is 0.261. The molecule has 3 aromatic carbocycles. The Morgan fingerprint density at radius 1 is 0.842 bits per heavy atom. The van der Waals surface area contributed by atoms with Crippen molar-refractivity contribution < 1.29 is 27.6 Å². The van der Waals surface area contributed by atoms with Gasteiger partial charge < -0.3 is 16.0 Å². The lowest BCUT2D eigenvalue weighted by Gasteiger charge is -2.12. The number of hydrogen-bond donors (Lipinski definition) is 3. The smallest absolute Gasteiger partial charge is 0.258 e. The molecule has 2 atom stereocenters. The molecule has 1 fully saturated rings. The zero-order chi connectivity index (χ0) is 27.9.